The summed E-state index contributed by atoms with van der Waals surface area (Å²) >= 11 is 0. The highest BCUT2D eigenvalue weighted by molar-refractivity contribution is 5.72. The van der Waals surface area contributed by atoms with Crippen LogP contribution in [0.1, 0.15) is 52.4 Å². The third-order valence-corrected chi connectivity index (χ3v) is 3.94. The first-order valence-corrected chi connectivity index (χ1v) is 7.72. The Bertz CT molecular complexity index is 377. The quantitative estimate of drug-likeness (QED) is 0.409. The van der Waals surface area contributed by atoms with Gasteiger partial charge in [-0.2, -0.15) is 0 Å². The molecular formula is C16H26O5. The lowest BCUT2D eigenvalue weighted by Crippen LogP contribution is -2.27. The molecule has 0 spiro atoms. The molecule has 0 bridgehead atoms. The molecule has 4 atom stereocenters. The molecule has 0 aromatic carbocycles. The van der Waals surface area contributed by atoms with E-state index in [1.165, 1.54) is 6.92 Å². The maximum absolute atomic E-state index is 11.2. The van der Waals surface area contributed by atoms with Gasteiger partial charge >= 0.3 is 11.9 Å². The molecule has 0 saturated heterocycles. The molecule has 0 heterocycles. The Morgan fingerprint density at radius 3 is 2.62 bits per heavy atom. The second-order valence-electron chi connectivity index (χ2n) is 5.70. The van der Waals surface area contributed by atoms with Crippen LogP contribution in [-0.4, -0.2) is 34.4 Å². The number of carbonyl (C=O) groups is 2. The molecule has 1 fully saturated rings. The molecule has 1 saturated carbocycles. The van der Waals surface area contributed by atoms with Crippen LogP contribution >= 0.6 is 0 Å². The Labute approximate surface area is 126 Å². The zero-order valence-electron chi connectivity index (χ0n) is 12.8. The standard InChI is InChI=1S/C16H26O5/c1-3-4-5-6-13(21-11(2)17)9-7-12-8-10-14(18)15(12)16(19)20/h7,9,12-15,18H,3-6,8,10H2,1-2H3,(H,19,20). The summed E-state index contributed by atoms with van der Waals surface area (Å²) in [4.78, 5) is 22.3. The van der Waals surface area contributed by atoms with Gasteiger partial charge in [-0.15, -0.1) is 0 Å². The van der Waals surface area contributed by atoms with Gasteiger partial charge in [0, 0.05) is 6.92 Å². The molecular weight excluding hydrogens is 272 g/mol. The first-order valence-electron chi connectivity index (χ1n) is 7.72. The molecule has 0 aliphatic heterocycles. The number of unbranched alkanes of at least 4 members (excludes halogenated alkanes) is 2. The van der Waals surface area contributed by atoms with Gasteiger partial charge in [0.2, 0.25) is 0 Å². The van der Waals surface area contributed by atoms with Crippen LogP contribution in [0.3, 0.4) is 0 Å². The van der Waals surface area contributed by atoms with Crippen LogP contribution in [0.4, 0.5) is 0 Å². The predicted octanol–water partition coefficient (Wildman–Crippen LogP) is 2.53. The third-order valence-electron chi connectivity index (χ3n) is 3.94. The van der Waals surface area contributed by atoms with E-state index >= 15 is 0 Å². The minimum Gasteiger partial charge on any atom is -0.481 e. The Kier molecular flexibility index (Phi) is 7.43. The summed E-state index contributed by atoms with van der Waals surface area (Å²) in [6.07, 6.45) is 7.52. The first-order chi connectivity index (χ1) is 9.95. The number of hydrogen-bond acceptors (Lipinski definition) is 4. The van der Waals surface area contributed by atoms with Gasteiger partial charge in [-0.05, 0) is 37.7 Å². The van der Waals surface area contributed by atoms with Crippen molar-refractivity contribution in [1.82, 2.24) is 0 Å². The maximum atomic E-state index is 11.2. The van der Waals surface area contributed by atoms with Crippen molar-refractivity contribution in [1.29, 1.82) is 0 Å². The van der Waals surface area contributed by atoms with Crippen LogP contribution < -0.4 is 0 Å². The topological polar surface area (TPSA) is 83.8 Å². The van der Waals surface area contributed by atoms with E-state index < -0.39 is 18.0 Å². The number of carboxylic acid groups (broad SMARTS) is 1. The normalized spacial score (nSPS) is 26.9. The highest BCUT2D eigenvalue weighted by Crippen LogP contribution is 2.33. The molecule has 4 unspecified atom stereocenters. The van der Waals surface area contributed by atoms with E-state index in [2.05, 4.69) is 6.92 Å². The van der Waals surface area contributed by atoms with Gasteiger partial charge in [0.05, 0.1) is 12.0 Å². The Balaban J connectivity index is 2.63. The van der Waals surface area contributed by atoms with Gasteiger partial charge in [-0.1, -0.05) is 25.8 Å². The Morgan fingerprint density at radius 1 is 1.33 bits per heavy atom. The smallest absolute Gasteiger partial charge is 0.309 e. The number of rotatable bonds is 8. The lowest BCUT2D eigenvalue weighted by molar-refractivity contribution is -0.146. The van der Waals surface area contributed by atoms with Gasteiger partial charge in [-0.25, -0.2) is 0 Å². The van der Waals surface area contributed by atoms with Gasteiger partial charge in [0.1, 0.15) is 6.10 Å². The van der Waals surface area contributed by atoms with E-state index in [4.69, 9.17) is 9.84 Å². The third kappa shape index (κ3) is 5.87. The summed E-state index contributed by atoms with van der Waals surface area (Å²) in [5.74, 6) is -2.25. The summed E-state index contributed by atoms with van der Waals surface area (Å²) in [6, 6.07) is 0. The van der Waals surface area contributed by atoms with Crippen molar-refractivity contribution in [3.63, 3.8) is 0 Å². The number of aliphatic carboxylic acids is 1. The number of allylic oxidation sites excluding steroid dienone is 1. The van der Waals surface area contributed by atoms with Crippen LogP contribution in [0.25, 0.3) is 0 Å². The molecule has 1 aliphatic rings. The summed E-state index contributed by atoms with van der Waals surface area (Å²) in [5, 5.41) is 18.9. The van der Waals surface area contributed by atoms with Crippen LogP contribution in [0.2, 0.25) is 0 Å². The molecule has 1 aliphatic carbocycles. The molecule has 5 heteroatoms. The molecule has 5 nitrogen and oxygen atoms in total. The summed E-state index contributed by atoms with van der Waals surface area (Å²) in [5.41, 5.74) is 0. The van der Waals surface area contributed by atoms with Crippen molar-refractivity contribution in [2.24, 2.45) is 11.8 Å². The monoisotopic (exact) mass is 298 g/mol. The van der Waals surface area contributed by atoms with Crippen molar-refractivity contribution in [2.45, 2.75) is 64.6 Å². The summed E-state index contributed by atoms with van der Waals surface area (Å²) in [7, 11) is 0. The first kappa shape index (κ1) is 17.7. The largest absolute Gasteiger partial charge is 0.481 e. The minimum absolute atomic E-state index is 0.193. The number of carbonyl (C=O) groups excluding carboxylic acids is 1. The van der Waals surface area contributed by atoms with E-state index in [9.17, 15) is 14.7 Å². The lowest BCUT2D eigenvalue weighted by atomic mass is 9.94. The SMILES string of the molecule is CCCCCC(C=CC1CCC(O)C1C(=O)O)OC(C)=O. The fourth-order valence-corrected chi connectivity index (χ4v) is 2.84. The van der Waals surface area contributed by atoms with E-state index in [1.807, 2.05) is 0 Å². The van der Waals surface area contributed by atoms with Crippen LogP contribution in [0.15, 0.2) is 12.2 Å². The maximum Gasteiger partial charge on any atom is 0.309 e. The fourth-order valence-electron chi connectivity index (χ4n) is 2.84. The van der Waals surface area contributed by atoms with Crippen molar-refractivity contribution in [3.05, 3.63) is 12.2 Å². The number of carboxylic acids is 1. The van der Waals surface area contributed by atoms with Crippen LogP contribution in [0.5, 0.6) is 0 Å². The molecule has 0 radical (unpaired) electrons. The minimum atomic E-state index is -0.968. The molecule has 120 valence electrons. The van der Waals surface area contributed by atoms with Crippen molar-refractivity contribution in [3.8, 4) is 0 Å². The summed E-state index contributed by atoms with van der Waals surface area (Å²) in [6.45, 7) is 3.48. The number of esters is 1. The zero-order valence-corrected chi connectivity index (χ0v) is 12.8. The highest BCUT2D eigenvalue weighted by Gasteiger charge is 2.38. The van der Waals surface area contributed by atoms with E-state index in [0.29, 0.717) is 12.8 Å². The average Bonchev–Trinajstić information content (AvgIpc) is 2.76. The van der Waals surface area contributed by atoms with Gasteiger partial charge < -0.3 is 14.9 Å². The fraction of sp³-hybridized carbons (Fsp3) is 0.750. The Hall–Kier alpha value is -1.36. The van der Waals surface area contributed by atoms with E-state index in [1.54, 1.807) is 12.2 Å². The van der Waals surface area contributed by atoms with E-state index in [-0.39, 0.29) is 18.0 Å². The second kappa shape index (κ2) is 8.82. The molecule has 0 aromatic rings. The molecule has 2 N–H and O–H groups in total. The van der Waals surface area contributed by atoms with Gasteiger partial charge in [0.15, 0.2) is 0 Å². The second-order valence-corrected chi connectivity index (χ2v) is 5.70. The highest BCUT2D eigenvalue weighted by atomic mass is 16.5. The number of aliphatic hydroxyl groups excluding tert-OH is 1. The van der Waals surface area contributed by atoms with Gasteiger partial charge in [-0.3, -0.25) is 9.59 Å². The van der Waals surface area contributed by atoms with Crippen molar-refractivity contribution >= 4 is 11.9 Å². The van der Waals surface area contributed by atoms with E-state index in [0.717, 1.165) is 25.7 Å². The summed E-state index contributed by atoms with van der Waals surface area (Å²) < 4.78 is 5.24. The molecule has 1 rings (SSSR count). The zero-order chi connectivity index (χ0) is 15.8. The predicted molar refractivity (Wildman–Crippen MR) is 78.7 cm³/mol. The van der Waals surface area contributed by atoms with Crippen LogP contribution in [-0.2, 0) is 14.3 Å². The number of hydrogen-bond donors (Lipinski definition) is 2. The van der Waals surface area contributed by atoms with Crippen LogP contribution in [0, 0.1) is 11.8 Å². The molecule has 0 aromatic heterocycles. The average molecular weight is 298 g/mol. The Morgan fingerprint density at radius 2 is 2.05 bits per heavy atom. The molecule has 21 heavy (non-hydrogen) atoms. The number of aliphatic hydroxyl groups is 1. The van der Waals surface area contributed by atoms with Crippen molar-refractivity contribution in [2.75, 3.05) is 0 Å². The number of ether oxygens (including phenoxy) is 1. The molecule has 0 amide bonds. The lowest BCUT2D eigenvalue weighted by Gasteiger charge is -2.16. The van der Waals surface area contributed by atoms with Crippen molar-refractivity contribution < 1.29 is 24.5 Å². The van der Waals surface area contributed by atoms with Gasteiger partial charge in [0.25, 0.3) is 0 Å².